The van der Waals surface area contributed by atoms with Gasteiger partial charge in [0.05, 0.1) is 12.5 Å². The van der Waals surface area contributed by atoms with Crippen LogP contribution in [-0.4, -0.2) is 32.9 Å². The molecular formula is C17H14N6O3S. The van der Waals surface area contributed by atoms with Crippen molar-refractivity contribution in [2.75, 3.05) is 4.72 Å². The standard InChI is InChI=1S/C17H14N6O3S/c24-27(25,17-10-18-11-21-17)22-13-3-5-14(6-4-13)26-16-9-15(19-12-20-16)23-7-1-2-8-23/h1-12,22H,(H,18,21). The predicted molar refractivity (Wildman–Crippen MR) is 97.3 cm³/mol. The molecule has 0 unspecified atom stereocenters. The third kappa shape index (κ3) is 3.80. The number of ether oxygens (including phenoxy) is 1. The Balaban J connectivity index is 1.48. The van der Waals surface area contributed by atoms with Crippen molar-refractivity contribution in [3.8, 4) is 17.4 Å². The molecule has 0 aliphatic heterocycles. The van der Waals surface area contributed by atoms with E-state index >= 15 is 0 Å². The number of anilines is 1. The summed E-state index contributed by atoms with van der Waals surface area (Å²) in [6, 6.07) is 12.0. The van der Waals surface area contributed by atoms with Crippen LogP contribution in [0.1, 0.15) is 0 Å². The first kappa shape index (κ1) is 16.8. The highest BCUT2D eigenvalue weighted by molar-refractivity contribution is 7.92. The molecule has 0 radical (unpaired) electrons. The van der Waals surface area contributed by atoms with Crippen LogP contribution in [0.5, 0.6) is 11.6 Å². The Morgan fingerprint density at radius 2 is 1.85 bits per heavy atom. The number of imidazole rings is 1. The Morgan fingerprint density at radius 3 is 2.56 bits per heavy atom. The van der Waals surface area contributed by atoms with Crippen LogP contribution in [0.3, 0.4) is 0 Å². The van der Waals surface area contributed by atoms with E-state index in [4.69, 9.17) is 4.74 Å². The monoisotopic (exact) mass is 382 g/mol. The van der Waals surface area contributed by atoms with Crippen LogP contribution in [0.25, 0.3) is 5.82 Å². The third-order valence-electron chi connectivity index (χ3n) is 3.59. The fourth-order valence-corrected chi connectivity index (χ4v) is 3.29. The summed E-state index contributed by atoms with van der Waals surface area (Å²) < 4.78 is 34.3. The molecule has 136 valence electrons. The van der Waals surface area contributed by atoms with Crippen LogP contribution in [0.2, 0.25) is 0 Å². The molecule has 0 atom stereocenters. The second-order valence-electron chi connectivity index (χ2n) is 5.45. The van der Waals surface area contributed by atoms with Crippen LogP contribution in [0.4, 0.5) is 5.69 Å². The Labute approximate surface area is 154 Å². The molecule has 4 rings (SSSR count). The van der Waals surface area contributed by atoms with Gasteiger partial charge >= 0.3 is 0 Å². The van der Waals surface area contributed by atoms with Gasteiger partial charge in [-0.1, -0.05) is 0 Å². The van der Waals surface area contributed by atoms with Gasteiger partial charge in [-0.05, 0) is 36.4 Å². The number of aromatic amines is 1. The van der Waals surface area contributed by atoms with Gasteiger partial charge in [-0.3, -0.25) is 4.72 Å². The molecule has 0 saturated heterocycles. The molecule has 1 aromatic carbocycles. The van der Waals surface area contributed by atoms with Crippen LogP contribution in [0.15, 0.2) is 78.7 Å². The topological polar surface area (TPSA) is 115 Å². The SMILES string of the molecule is O=S(=O)(Nc1ccc(Oc2cc(-n3cccc3)ncn2)cc1)c1cnc[nH]1. The fourth-order valence-electron chi connectivity index (χ4n) is 2.33. The highest BCUT2D eigenvalue weighted by Crippen LogP contribution is 2.23. The zero-order valence-corrected chi connectivity index (χ0v) is 14.7. The van der Waals surface area contributed by atoms with Gasteiger partial charge in [-0.2, -0.15) is 8.42 Å². The van der Waals surface area contributed by atoms with Crippen molar-refractivity contribution in [3.05, 3.63) is 73.7 Å². The summed E-state index contributed by atoms with van der Waals surface area (Å²) in [7, 11) is -3.70. The Kier molecular flexibility index (Phi) is 4.30. The lowest BCUT2D eigenvalue weighted by atomic mass is 10.3. The first-order chi connectivity index (χ1) is 13.1. The lowest BCUT2D eigenvalue weighted by Gasteiger charge is -2.09. The molecule has 0 spiro atoms. The molecule has 0 aliphatic rings. The quantitative estimate of drug-likeness (QED) is 0.530. The maximum atomic E-state index is 12.2. The third-order valence-corrected chi connectivity index (χ3v) is 4.89. The van der Waals surface area contributed by atoms with Crippen LogP contribution in [-0.2, 0) is 10.0 Å². The van der Waals surface area contributed by atoms with E-state index in [0.29, 0.717) is 23.1 Å². The normalized spacial score (nSPS) is 11.3. The van der Waals surface area contributed by atoms with E-state index in [1.54, 1.807) is 30.3 Å². The number of nitrogens with zero attached hydrogens (tertiary/aromatic N) is 4. The van der Waals surface area contributed by atoms with Gasteiger partial charge in [-0.25, -0.2) is 15.0 Å². The number of sulfonamides is 1. The van der Waals surface area contributed by atoms with Crippen molar-refractivity contribution in [3.63, 3.8) is 0 Å². The number of H-pyrrole nitrogens is 1. The predicted octanol–water partition coefficient (Wildman–Crippen LogP) is 2.58. The molecule has 3 heterocycles. The molecule has 9 nitrogen and oxygen atoms in total. The molecule has 27 heavy (non-hydrogen) atoms. The van der Waals surface area contributed by atoms with Crippen LogP contribution < -0.4 is 9.46 Å². The van der Waals surface area contributed by atoms with Gasteiger partial charge in [0, 0.05) is 24.1 Å². The summed E-state index contributed by atoms with van der Waals surface area (Å²) in [5.74, 6) is 1.56. The summed E-state index contributed by atoms with van der Waals surface area (Å²) >= 11 is 0. The summed E-state index contributed by atoms with van der Waals surface area (Å²) in [5.41, 5.74) is 0.396. The molecule has 10 heteroatoms. The highest BCUT2D eigenvalue weighted by Gasteiger charge is 2.15. The second kappa shape index (κ2) is 6.92. The van der Waals surface area contributed by atoms with E-state index in [1.165, 1.54) is 18.9 Å². The molecule has 2 N–H and O–H groups in total. The van der Waals surface area contributed by atoms with E-state index in [-0.39, 0.29) is 5.03 Å². The average Bonchev–Trinajstić information content (AvgIpc) is 3.38. The fraction of sp³-hybridized carbons (Fsp3) is 0. The Hall–Kier alpha value is -3.66. The van der Waals surface area contributed by atoms with Gasteiger partial charge < -0.3 is 14.3 Å². The number of hydrogen-bond donors (Lipinski definition) is 2. The number of hydrogen-bond acceptors (Lipinski definition) is 6. The van der Waals surface area contributed by atoms with Gasteiger partial charge in [0.25, 0.3) is 10.0 Å². The van der Waals surface area contributed by atoms with Crippen molar-refractivity contribution < 1.29 is 13.2 Å². The zero-order chi connectivity index (χ0) is 18.7. The van der Waals surface area contributed by atoms with E-state index in [9.17, 15) is 8.42 Å². The van der Waals surface area contributed by atoms with Crippen molar-refractivity contribution >= 4 is 15.7 Å². The number of benzene rings is 1. The summed E-state index contributed by atoms with van der Waals surface area (Å²) in [6.07, 6.45) is 7.68. The molecule has 3 aromatic heterocycles. The van der Waals surface area contributed by atoms with Crippen molar-refractivity contribution in [1.82, 2.24) is 24.5 Å². The molecule has 0 fully saturated rings. The van der Waals surface area contributed by atoms with Gasteiger partial charge in [0.15, 0.2) is 5.03 Å². The molecule has 0 amide bonds. The van der Waals surface area contributed by atoms with Crippen molar-refractivity contribution in [2.24, 2.45) is 0 Å². The zero-order valence-electron chi connectivity index (χ0n) is 13.9. The summed E-state index contributed by atoms with van der Waals surface area (Å²) in [5, 5.41) is -0.0126. The van der Waals surface area contributed by atoms with E-state index in [2.05, 4.69) is 24.7 Å². The lowest BCUT2D eigenvalue weighted by molar-refractivity contribution is 0.461. The largest absolute Gasteiger partial charge is 0.439 e. The molecular weight excluding hydrogens is 368 g/mol. The lowest BCUT2D eigenvalue weighted by Crippen LogP contribution is -2.13. The van der Waals surface area contributed by atoms with Gasteiger partial charge in [0.2, 0.25) is 5.88 Å². The minimum absolute atomic E-state index is 0.0126. The molecule has 0 saturated carbocycles. The first-order valence-corrected chi connectivity index (χ1v) is 9.33. The van der Waals surface area contributed by atoms with E-state index in [1.807, 2.05) is 29.1 Å². The second-order valence-corrected chi connectivity index (χ2v) is 7.10. The average molecular weight is 382 g/mol. The molecule has 0 aliphatic carbocycles. The minimum atomic E-state index is -3.70. The van der Waals surface area contributed by atoms with Gasteiger partial charge in [-0.15, -0.1) is 0 Å². The maximum absolute atomic E-state index is 12.2. The Morgan fingerprint density at radius 1 is 1.07 bits per heavy atom. The summed E-state index contributed by atoms with van der Waals surface area (Å²) in [4.78, 5) is 14.5. The molecule has 0 bridgehead atoms. The van der Waals surface area contributed by atoms with Crippen molar-refractivity contribution in [1.29, 1.82) is 0 Å². The van der Waals surface area contributed by atoms with Crippen LogP contribution in [0, 0.1) is 0 Å². The van der Waals surface area contributed by atoms with E-state index < -0.39 is 10.0 Å². The minimum Gasteiger partial charge on any atom is -0.439 e. The highest BCUT2D eigenvalue weighted by atomic mass is 32.2. The van der Waals surface area contributed by atoms with Crippen LogP contribution >= 0.6 is 0 Å². The number of nitrogens with one attached hydrogen (secondary N) is 2. The van der Waals surface area contributed by atoms with Crippen molar-refractivity contribution in [2.45, 2.75) is 5.03 Å². The summed E-state index contributed by atoms with van der Waals surface area (Å²) in [6.45, 7) is 0. The number of aromatic nitrogens is 5. The number of rotatable bonds is 6. The smallest absolute Gasteiger partial charge is 0.278 e. The van der Waals surface area contributed by atoms with Gasteiger partial charge in [0.1, 0.15) is 17.9 Å². The Bertz CT molecular complexity index is 1120. The molecule has 4 aromatic rings. The first-order valence-electron chi connectivity index (χ1n) is 7.85. The maximum Gasteiger partial charge on any atom is 0.278 e. The van der Waals surface area contributed by atoms with E-state index in [0.717, 1.165) is 0 Å².